The number of hydrogen-bond acceptors (Lipinski definition) is 11. The zero-order chi connectivity index (χ0) is 56.3. The van der Waals surface area contributed by atoms with E-state index in [4.69, 9.17) is 33.0 Å². The SMILES string of the molecule is CC(C)(C)OC(=O)c1ccc(NC(=O)C(Cc2ccccc2)n2ccc(-c3cc(Cl)ccc3[N+](=O)[O-])cc2=O)cc1.O=C(O)c1ccc(NC(=O)C(Cc2ccccc2)n2ccc(-c3cc(Cl)ccc3[N+](=O)[O-])cc2=O)cc1. The van der Waals surface area contributed by atoms with Gasteiger partial charge in [-0.15, -0.1) is 0 Å². The molecule has 0 aliphatic rings. The molecule has 6 aromatic carbocycles. The number of nitro groups is 2. The number of halogens is 2. The number of amides is 2. The Morgan fingerprint density at radius 2 is 0.949 bits per heavy atom. The second-order valence-corrected chi connectivity index (χ2v) is 19.4. The van der Waals surface area contributed by atoms with Crippen LogP contribution in [0.3, 0.4) is 0 Å². The van der Waals surface area contributed by atoms with Crippen molar-refractivity contribution in [1.29, 1.82) is 0 Å². The first kappa shape index (κ1) is 56.2. The molecule has 8 aromatic rings. The topological polar surface area (TPSA) is 252 Å². The van der Waals surface area contributed by atoms with Crippen molar-refractivity contribution in [3.63, 3.8) is 0 Å². The second-order valence-electron chi connectivity index (χ2n) is 18.5. The third kappa shape index (κ3) is 14.7. The molecular weight excluding hydrogens is 1040 g/mol. The Hall–Kier alpha value is -9.52. The van der Waals surface area contributed by atoms with Crippen LogP contribution >= 0.6 is 23.2 Å². The predicted octanol–water partition coefficient (Wildman–Crippen LogP) is 11.7. The maximum Gasteiger partial charge on any atom is 0.338 e. The number of esters is 1. The minimum absolute atomic E-state index is 0.0701. The molecule has 2 aromatic heterocycles. The highest BCUT2D eigenvalue weighted by Crippen LogP contribution is 2.34. The molecule has 0 bridgehead atoms. The number of pyridine rings is 2. The third-order valence-corrected chi connectivity index (χ3v) is 12.3. The average Bonchev–Trinajstić information content (AvgIpc) is 3.40. The normalized spacial score (nSPS) is 11.7. The van der Waals surface area contributed by atoms with Crippen LogP contribution in [-0.2, 0) is 27.2 Å². The molecule has 20 heteroatoms. The molecule has 78 heavy (non-hydrogen) atoms. The minimum Gasteiger partial charge on any atom is -0.478 e. The lowest BCUT2D eigenvalue weighted by molar-refractivity contribution is -0.384. The Morgan fingerprint density at radius 1 is 0.564 bits per heavy atom. The van der Waals surface area contributed by atoms with Crippen LogP contribution in [0.25, 0.3) is 22.3 Å². The van der Waals surface area contributed by atoms with Gasteiger partial charge in [-0.1, -0.05) is 83.9 Å². The van der Waals surface area contributed by atoms with E-state index < -0.39 is 62.4 Å². The van der Waals surface area contributed by atoms with Crippen LogP contribution in [0, 0.1) is 20.2 Å². The van der Waals surface area contributed by atoms with Gasteiger partial charge in [-0.05, 0) is 128 Å². The maximum atomic E-state index is 13.5. The number of carbonyl (C=O) groups excluding carboxylic acids is 3. The highest BCUT2D eigenvalue weighted by Gasteiger charge is 2.27. The molecule has 0 aliphatic heterocycles. The summed E-state index contributed by atoms with van der Waals surface area (Å²) in [5.74, 6) is -2.52. The molecule has 8 rings (SSSR count). The summed E-state index contributed by atoms with van der Waals surface area (Å²) in [6.45, 7) is 5.32. The van der Waals surface area contributed by atoms with Gasteiger partial charge >= 0.3 is 11.9 Å². The van der Waals surface area contributed by atoms with Gasteiger partial charge in [-0.2, -0.15) is 0 Å². The monoisotopic (exact) mass is 1090 g/mol. The first-order valence-corrected chi connectivity index (χ1v) is 24.6. The van der Waals surface area contributed by atoms with Gasteiger partial charge in [0.25, 0.3) is 22.5 Å². The van der Waals surface area contributed by atoms with E-state index in [1.54, 1.807) is 51.1 Å². The molecule has 0 aliphatic carbocycles. The van der Waals surface area contributed by atoms with Crippen molar-refractivity contribution in [3.8, 4) is 22.3 Å². The van der Waals surface area contributed by atoms with Crippen molar-refractivity contribution in [3.05, 3.63) is 255 Å². The molecule has 0 saturated carbocycles. The van der Waals surface area contributed by atoms with Crippen molar-refractivity contribution in [2.45, 2.75) is 51.3 Å². The van der Waals surface area contributed by atoms with E-state index in [0.29, 0.717) is 28.1 Å². The molecule has 2 atom stereocenters. The molecule has 0 saturated heterocycles. The van der Waals surface area contributed by atoms with E-state index in [2.05, 4.69) is 10.6 Å². The largest absolute Gasteiger partial charge is 0.478 e. The highest BCUT2D eigenvalue weighted by atomic mass is 35.5. The Balaban J connectivity index is 0.000000227. The van der Waals surface area contributed by atoms with Crippen LogP contribution in [0.5, 0.6) is 0 Å². The number of carboxylic acid groups (broad SMARTS) is 1. The van der Waals surface area contributed by atoms with E-state index in [0.717, 1.165) is 11.1 Å². The van der Waals surface area contributed by atoms with Crippen LogP contribution in [0.2, 0.25) is 10.0 Å². The first-order valence-electron chi connectivity index (χ1n) is 23.8. The van der Waals surface area contributed by atoms with Crippen molar-refractivity contribution < 1.29 is 38.9 Å². The fourth-order valence-corrected chi connectivity index (χ4v) is 8.45. The lowest BCUT2D eigenvalue weighted by atomic mass is 10.0. The third-order valence-electron chi connectivity index (χ3n) is 11.8. The summed E-state index contributed by atoms with van der Waals surface area (Å²) in [7, 11) is 0. The van der Waals surface area contributed by atoms with Gasteiger partial charge in [0.05, 0.1) is 32.1 Å². The van der Waals surface area contributed by atoms with E-state index in [9.17, 15) is 49.0 Å². The number of rotatable bonds is 16. The van der Waals surface area contributed by atoms with Crippen LogP contribution in [0.15, 0.2) is 192 Å². The minimum atomic E-state index is -1.09. The van der Waals surface area contributed by atoms with E-state index in [1.165, 1.54) is 100 Å². The molecule has 18 nitrogen and oxygen atoms in total. The van der Waals surface area contributed by atoms with Gasteiger partial charge in [-0.25, -0.2) is 9.59 Å². The standard InChI is InChI=1S/C31H28ClN3O6.C27H20ClN3O6/c1-31(2,3)41-30(38)21-9-12-24(13-10-21)33-29(37)27(17-20-7-5-4-6-8-20)34-16-15-22(18-28(34)36)25-19-23(32)11-14-26(25)35(39)40;28-20-8-11-23(31(36)37)22(16-20)19-12-13-30(25(32)15-19)24(14-17-4-2-1-3-5-17)26(33)29-21-9-6-18(7-10-21)27(34)35/h4-16,18-19,27H,17H2,1-3H3,(H,33,37);1-13,15-16,24H,14H2,(H,29,33)(H,34,35). The number of aromatic carboxylic acids is 1. The second kappa shape index (κ2) is 24.9. The summed E-state index contributed by atoms with van der Waals surface area (Å²) in [6, 6.07) is 42.1. The lowest BCUT2D eigenvalue weighted by Crippen LogP contribution is -2.34. The molecule has 3 N–H and O–H groups in total. The zero-order valence-corrected chi connectivity index (χ0v) is 43.4. The molecule has 0 radical (unpaired) electrons. The molecule has 0 spiro atoms. The smallest absolute Gasteiger partial charge is 0.338 e. The summed E-state index contributed by atoms with van der Waals surface area (Å²) < 4.78 is 7.93. The number of aromatic nitrogens is 2. The number of anilines is 2. The number of ether oxygens (including phenoxy) is 1. The van der Waals surface area contributed by atoms with Gasteiger partial charge in [0, 0.05) is 70.9 Å². The van der Waals surface area contributed by atoms with Crippen LogP contribution < -0.4 is 21.8 Å². The molecule has 0 fully saturated rings. The van der Waals surface area contributed by atoms with Crippen molar-refractivity contribution in [1.82, 2.24) is 9.13 Å². The number of carboxylic acids is 1. The predicted molar refractivity (Wildman–Crippen MR) is 296 cm³/mol. The van der Waals surface area contributed by atoms with Gasteiger partial charge in [0.15, 0.2) is 0 Å². The van der Waals surface area contributed by atoms with E-state index in [-0.39, 0.29) is 51.0 Å². The van der Waals surface area contributed by atoms with Gasteiger partial charge in [0.1, 0.15) is 17.7 Å². The Kier molecular flexibility index (Phi) is 17.9. The van der Waals surface area contributed by atoms with Crippen LogP contribution in [-0.4, -0.2) is 53.4 Å². The molecular formula is C58H48Cl2N6O12. The zero-order valence-electron chi connectivity index (χ0n) is 41.9. The van der Waals surface area contributed by atoms with Crippen molar-refractivity contribution >= 4 is 69.7 Å². The number of nitrogens with zero attached hydrogens (tertiary/aromatic N) is 4. The Morgan fingerprint density at radius 3 is 1.29 bits per heavy atom. The Labute approximate surface area is 455 Å². The van der Waals surface area contributed by atoms with Crippen LogP contribution in [0.4, 0.5) is 22.7 Å². The number of hydrogen-bond donors (Lipinski definition) is 3. The number of benzene rings is 6. The fraction of sp³-hybridized carbons (Fsp3) is 0.138. The van der Waals surface area contributed by atoms with Gasteiger partial charge < -0.3 is 29.6 Å². The number of nitro benzene ring substituents is 2. The summed E-state index contributed by atoms with van der Waals surface area (Å²) in [4.78, 5) is 98.8. The van der Waals surface area contributed by atoms with Crippen molar-refractivity contribution in [2.75, 3.05) is 10.6 Å². The number of nitrogens with one attached hydrogen (secondary N) is 2. The maximum absolute atomic E-state index is 13.5. The Bertz CT molecular complexity index is 3660. The molecule has 2 amide bonds. The van der Waals surface area contributed by atoms with Crippen molar-refractivity contribution in [2.24, 2.45) is 0 Å². The van der Waals surface area contributed by atoms with E-state index >= 15 is 0 Å². The fourth-order valence-electron chi connectivity index (χ4n) is 8.11. The first-order chi connectivity index (χ1) is 37.1. The summed E-state index contributed by atoms with van der Waals surface area (Å²) in [5, 5.41) is 38.2. The molecule has 2 unspecified atom stereocenters. The quantitative estimate of drug-likeness (QED) is 0.0464. The van der Waals surface area contributed by atoms with E-state index in [1.807, 2.05) is 60.7 Å². The van der Waals surface area contributed by atoms with Gasteiger partial charge in [-0.3, -0.25) is 39.4 Å². The summed E-state index contributed by atoms with van der Waals surface area (Å²) >= 11 is 12.1. The highest BCUT2D eigenvalue weighted by molar-refractivity contribution is 6.31. The molecule has 396 valence electrons. The van der Waals surface area contributed by atoms with Crippen LogP contribution in [0.1, 0.15) is 64.7 Å². The van der Waals surface area contributed by atoms with Gasteiger partial charge in [0.2, 0.25) is 11.8 Å². The summed E-state index contributed by atoms with van der Waals surface area (Å²) in [6.07, 6.45) is 3.26. The molecule has 2 heterocycles. The lowest BCUT2D eigenvalue weighted by Gasteiger charge is -2.21. The summed E-state index contributed by atoms with van der Waals surface area (Å²) in [5.41, 5.74) is 1.71. The average molecular weight is 1090 g/mol. The number of carbonyl (C=O) groups is 4.